The molecule has 12 nitrogen and oxygen atoms in total. The summed E-state index contributed by atoms with van der Waals surface area (Å²) in [5.41, 5.74) is 7.35. The van der Waals surface area contributed by atoms with Gasteiger partial charge >= 0.3 is 11.9 Å². The minimum Gasteiger partial charge on any atom is -0.493 e. The fraction of sp³-hybridized carbons (Fsp3) is 0.440. The van der Waals surface area contributed by atoms with E-state index >= 15 is 0 Å². The molecule has 0 unspecified atom stereocenters. The van der Waals surface area contributed by atoms with Crippen LogP contribution in [0.15, 0.2) is 60.7 Å². The second-order valence-corrected chi connectivity index (χ2v) is 15.6. The van der Waals surface area contributed by atoms with E-state index in [0.717, 1.165) is 70.2 Å². The van der Waals surface area contributed by atoms with Crippen molar-refractivity contribution < 1.29 is 47.6 Å². The maximum Gasteiger partial charge on any atom is 0.328 e. The molecule has 12 heteroatoms. The van der Waals surface area contributed by atoms with E-state index in [1.807, 2.05) is 60.7 Å². The first kappa shape index (κ1) is 47.0. The van der Waals surface area contributed by atoms with E-state index in [4.69, 9.17) is 28.4 Å². The zero-order chi connectivity index (χ0) is 44.8. The van der Waals surface area contributed by atoms with Crippen molar-refractivity contribution in [2.24, 2.45) is 0 Å². The second kappa shape index (κ2) is 22.7. The molecule has 4 aromatic carbocycles. The fourth-order valence-corrected chi connectivity index (χ4v) is 7.54. The Morgan fingerprint density at radius 1 is 0.468 bits per heavy atom. The van der Waals surface area contributed by atoms with E-state index in [1.165, 1.54) is 14.2 Å². The number of para-hydroxylation sites is 2. The van der Waals surface area contributed by atoms with Crippen LogP contribution < -0.4 is 29.6 Å². The zero-order valence-corrected chi connectivity index (χ0v) is 37.5. The number of nitrogens with one attached hydrogen (secondary N) is 2. The molecule has 0 saturated carbocycles. The molecular weight excluding hydrogens is 789 g/mol. The largest absolute Gasteiger partial charge is 0.493 e. The number of hydrogen-bond acceptors (Lipinski definition) is 10. The van der Waals surface area contributed by atoms with E-state index in [9.17, 15) is 19.2 Å². The number of fused-ring (bicyclic) bond motifs is 8. The summed E-state index contributed by atoms with van der Waals surface area (Å²) in [5.74, 6) is 0.779. The molecule has 2 atom stereocenters. The van der Waals surface area contributed by atoms with Crippen LogP contribution in [0.25, 0.3) is 0 Å². The van der Waals surface area contributed by atoms with Crippen molar-refractivity contribution in [3.05, 3.63) is 116 Å². The van der Waals surface area contributed by atoms with Crippen LogP contribution in [-0.2, 0) is 44.7 Å². The van der Waals surface area contributed by atoms with Gasteiger partial charge < -0.3 is 39.1 Å². The van der Waals surface area contributed by atoms with Gasteiger partial charge in [0, 0.05) is 36.8 Å². The van der Waals surface area contributed by atoms with Gasteiger partial charge in [0.05, 0.1) is 40.6 Å². The summed E-state index contributed by atoms with van der Waals surface area (Å²) in [6.45, 7) is 13.2. The summed E-state index contributed by atoms with van der Waals surface area (Å²) in [6, 6.07) is 17.6. The molecule has 0 aliphatic heterocycles. The van der Waals surface area contributed by atoms with Crippen molar-refractivity contribution in [1.29, 1.82) is 0 Å². The number of ether oxygens (including phenoxy) is 6. The van der Waals surface area contributed by atoms with Crippen molar-refractivity contribution in [2.75, 3.05) is 40.6 Å². The molecule has 4 aromatic rings. The molecule has 0 aromatic heterocycles. The number of amides is 2. The van der Waals surface area contributed by atoms with Crippen molar-refractivity contribution in [3.8, 4) is 23.0 Å². The zero-order valence-electron chi connectivity index (χ0n) is 37.5. The van der Waals surface area contributed by atoms with E-state index < -0.39 is 35.8 Å². The van der Waals surface area contributed by atoms with Gasteiger partial charge in [0.25, 0.3) is 11.8 Å². The first-order valence-electron chi connectivity index (χ1n) is 21.8. The highest BCUT2D eigenvalue weighted by Gasteiger charge is 2.26. The molecule has 1 aliphatic carbocycles. The lowest BCUT2D eigenvalue weighted by atomic mass is 9.89. The molecule has 62 heavy (non-hydrogen) atoms. The molecule has 2 N–H and O–H groups in total. The van der Waals surface area contributed by atoms with E-state index in [-0.39, 0.29) is 0 Å². The van der Waals surface area contributed by atoms with Gasteiger partial charge in [-0.3, -0.25) is 9.59 Å². The number of benzene rings is 4. The summed E-state index contributed by atoms with van der Waals surface area (Å²) in [4.78, 5) is 52.8. The molecule has 0 fully saturated rings. The van der Waals surface area contributed by atoms with Crippen LogP contribution >= 0.6 is 0 Å². The van der Waals surface area contributed by atoms with Crippen LogP contribution in [0.3, 0.4) is 0 Å². The van der Waals surface area contributed by atoms with Crippen molar-refractivity contribution >= 4 is 23.8 Å². The van der Waals surface area contributed by atoms with Crippen LogP contribution in [0.5, 0.6) is 23.0 Å². The first-order chi connectivity index (χ1) is 30.0. The van der Waals surface area contributed by atoms with Gasteiger partial charge in [-0.25, -0.2) is 9.59 Å². The predicted molar refractivity (Wildman–Crippen MR) is 238 cm³/mol. The van der Waals surface area contributed by atoms with Gasteiger partial charge in [-0.1, -0.05) is 64.1 Å². The van der Waals surface area contributed by atoms with Gasteiger partial charge in [0.2, 0.25) is 0 Å². The highest BCUT2D eigenvalue weighted by Crippen LogP contribution is 2.40. The molecule has 5 rings (SSSR count). The Bertz CT molecular complexity index is 1970. The summed E-state index contributed by atoms with van der Waals surface area (Å²) >= 11 is 0. The van der Waals surface area contributed by atoms with E-state index in [1.54, 1.807) is 13.8 Å². The third-order valence-electron chi connectivity index (χ3n) is 10.5. The lowest BCUT2D eigenvalue weighted by Crippen LogP contribution is -2.39. The Morgan fingerprint density at radius 2 is 0.726 bits per heavy atom. The molecule has 1 aliphatic rings. The number of esters is 2. The molecule has 2 amide bonds. The van der Waals surface area contributed by atoms with Gasteiger partial charge in [-0.2, -0.15) is 0 Å². The molecule has 0 spiro atoms. The Hall–Kier alpha value is -6.04. The number of carbonyl (C=O) groups is 4. The topological polar surface area (TPSA) is 148 Å². The summed E-state index contributed by atoms with van der Waals surface area (Å²) < 4.78 is 36.3. The predicted octanol–water partition coefficient (Wildman–Crippen LogP) is 8.10. The van der Waals surface area contributed by atoms with Gasteiger partial charge in [-0.15, -0.1) is 0 Å². The lowest BCUT2D eigenvalue weighted by Gasteiger charge is -2.24. The quantitative estimate of drug-likeness (QED) is 0.0830. The molecule has 0 heterocycles. The van der Waals surface area contributed by atoms with Crippen LogP contribution in [0.4, 0.5) is 0 Å². The fourth-order valence-electron chi connectivity index (χ4n) is 7.54. The number of hydrogen-bond donors (Lipinski definition) is 2. The SMILES string of the molecule is CCCOc1c2cccc1Cc1cc(C(=O)N[C@@H](C)C(=O)OC)cc(c1OCCC)Cc1cccc(c1OCCC)Cc1cc(C(=O)N[C@@H](C)C(=O)OC)cc(c1OCCC)C2. The Morgan fingerprint density at radius 3 is 0.968 bits per heavy atom. The van der Waals surface area contributed by atoms with Crippen LogP contribution in [0.1, 0.15) is 132 Å². The highest BCUT2D eigenvalue weighted by atomic mass is 16.5. The van der Waals surface area contributed by atoms with Gasteiger partial charge in [0.15, 0.2) is 0 Å². The van der Waals surface area contributed by atoms with E-state index in [0.29, 0.717) is 86.2 Å². The van der Waals surface area contributed by atoms with Crippen molar-refractivity contribution in [3.63, 3.8) is 0 Å². The van der Waals surface area contributed by atoms with Crippen LogP contribution in [0.2, 0.25) is 0 Å². The van der Waals surface area contributed by atoms with Gasteiger partial charge in [0.1, 0.15) is 35.1 Å². The first-order valence-corrected chi connectivity index (χ1v) is 21.8. The molecule has 0 saturated heterocycles. The summed E-state index contributed by atoms with van der Waals surface area (Å²) in [5, 5.41) is 5.62. The molecule has 8 bridgehead atoms. The van der Waals surface area contributed by atoms with E-state index in [2.05, 4.69) is 38.3 Å². The Balaban J connectivity index is 1.83. The Kier molecular flexibility index (Phi) is 17.2. The minimum absolute atomic E-state index is 0.351. The normalized spacial score (nSPS) is 12.9. The number of carbonyl (C=O) groups excluding carboxylic acids is 4. The minimum atomic E-state index is -0.872. The maximum absolute atomic E-state index is 14.0. The third kappa shape index (κ3) is 11.7. The van der Waals surface area contributed by atoms with Crippen molar-refractivity contribution in [1.82, 2.24) is 10.6 Å². The lowest BCUT2D eigenvalue weighted by molar-refractivity contribution is -0.143. The van der Waals surface area contributed by atoms with Gasteiger partial charge in [-0.05, 0) is 108 Å². The third-order valence-corrected chi connectivity index (χ3v) is 10.5. The summed E-state index contributed by atoms with van der Waals surface area (Å²) in [6.07, 6.45) is 4.46. The van der Waals surface area contributed by atoms with Crippen LogP contribution in [-0.4, -0.2) is 76.5 Å². The number of rotatable bonds is 18. The van der Waals surface area contributed by atoms with Crippen molar-refractivity contribution in [2.45, 2.75) is 105 Å². The average Bonchev–Trinajstić information content (AvgIpc) is 3.26. The molecular formula is C50H62N2O10. The molecule has 332 valence electrons. The monoisotopic (exact) mass is 850 g/mol. The standard InChI is InChI=1S/C50H62N2O10/c1-9-19-59-43-33-15-13-16-34(43)24-38-28-42(48(54)52-32(6)50(56)58-8)30-40(46(38)62-22-12-4)26-36-18-14-17-35(44(36)60-20-10-2)25-39-29-41(47(53)51-31(5)49(55)57-7)27-37(23-33)45(39)61-21-11-3/h13-18,27-32H,9-12,19-26H2,1-8H3,(H,51,53)(H,52,54)/t31-,32-/m0/s1. The highest BCUT2D eigenvalue weighted by molar-refractivity contribution is 5.98. The molecule has 0 radical (unpaired) electrons. The summed E-state index contributed by atoms with van der Waals surface area (Å²) in [7, 11) is 2.58. The number of methoxy groups -OCH3 is 2. The smallest absolute Gasteiger partial charge is 0.328 e. The van der Waals surface area contributed by atoms with Crippen LogP contribution in [0, 0.1) is 0 Å². The Labute approximate surface area is 366 Å². The maximum atomic E-state index is 14.0. The second-order valence-electron chi connectivity index (χ2n) is 15.6. The average molecular weight is 851 g/mol.